The molecule has 1 rings (SSSR count). The van der Waals surface area contributed by atoms with Crippen LogP contribution in [0.4, 0.5) is 5.69 Å². The number of rotatable bonds is 6. The molecule has 9 heteroatoms. The molecule has 1 N–H and O–H groups in total. The molecular weight excluding hydrogens is 395 g/mol. The predicted molar refractivity (Wildman–Crippen MR) is 81.8 cm³/mol. The van der Waals surface area contributed by atoms with Crippen molar-refractivity contribution in [3.63, 3.8) is 0 Å². The summed E-state index contributed by atoms with van der Waals surface area (Å²) in [5.41, 5.74) is -0.0266. The maximum atomic E-state index is 12.0. The Bertz CT molecular complexity index is 563. The molecule has 0 radical (unpaired) electrons. The fourth-order valence-electron chi connectivity index (χ4n) is 1.47. The zero-order valence-electron chi connectivity index (χ0n) is 11.3. The number of nitrogens with one attached hydrogen (secondary N) is 1. The molecule has 8 nitrogen and oxygen atoms in total. The first kappa shape index (κ1) is 17.1. The topological polar surface area (TPSA) is 108 Å². The minimum absolute atomic E-state index is 0.0756. The van der Waals surface area contributed by atoms with Gasteiger partial charge in [-0.25, -0.2) is 0 Å². The number of carbonyl (C=O) groups excluding carboxylic acids is 2. The fourth-order valence-corrected chi connectivity index (χ4v) is 1.94. The minimum Gasteiger partial charge on any atom is -0.496 e. The van der Waals surface area contributed by atoms with Gasteiger partial charge in [0.2, 0.25) is 0 Å². The molecule has 1 atom stereocenters. The number of esters is 1. The molecule has 21 heavy (non-hydrogen) atoms. The average molecular weight is 408 g/mol. The summed E-state index contributed by atoms with van der Waals surface area (Å²) < 4.78 is 8.99. The van der Waals surface area contributed by atoms with E-state index in [1.807, 2.05) is 22.6 Å². The first-order valence-corrected chi connectivity index (χ1v) is 6.97. The van der Waals surface area contributed by atoms with Crippen LogP contribution in [0.15, 0.2) is 18.2 Å². The number of halogens is 1. The fraction of sp³-hybridized carbons (Fsp3) is 0.333. The zero-order valence-corrected chi connectivity index (χ0v) is 13.4. The summed E-state index contributed by atoms with van der Waals surface area (Å²) in [6, 6.07) is 3.67. The summed E-state index contributed by atoms with van der Waals surface area (Å²) in [6.07, 6.45) is 0. The Morgan fingerprint density at radius 1 is 1.43 bits per heavy atom. The third kappa shape index (κ3) is 4.55. The smallest absolute Gasteiger partial charge is 0.320 e. The first-order valence-electron chi connectivity index (χ1n) is 5.73. The van der Waals surface area contributed by atoms with Crippen LogP contribution in [0, 0.1) is 10.1 Å². The first-order chi connectivity index (χ1) is 9.90. The lowest BCUT2D eigenvalue weighted by Crippen LogP contribution is -2.34. The van der Waals surface area contributed by atoms with Crippen molar-refractivity contribution in [1.29, 1.82) is 0 Å². The number of amides is 1. The van der Waals surface area contributed by atoms with Crippen molar-refractivity contribution < 1.29 is 24.0 Å². The number of alkyl halides is 1. The van der Waals surface area contributed by atoms with Gasteiger partial charge in [-0.1, -0.05) is 22.6 Å². The van der Waals surface area contributed by atoms with Crippen molar-refractivity contribution in [2.24, 2.45) is 0 Å². The van der Waals surface area contributed by atoms with Crippen LogP contribution in [0.1, 0.15) is 10.4 Å². The molecule has 0 saturated carbocycles. The second-order valence-corrected chi connectivity index (χ2v) is 5.35. The maximum absolute atomic E-state index is 12.0. The zero-order chi connectivity index (χ0) is 16.0. The van der Waals surface area contributed by atoms with E-state index in [0.717, 1.165) is 6.07 Å². The van der Waals surface area contributed by atoms with E-state index in [-0.39, 0.29) is 23.5 Å². The Balaban J connectivity index is 2.83. The molecule has 0 spiro atoms. The van der Waals surface area contributed by atoms with Crippen LogP contribution in [0.3, 0.4) is 0 Å². The van der Waals surface area contributed by atoms with E-state index in [1.165, 1.54) is 26.4 Å². The van der Waals surface area contributed by atoms with Crippen LogP contribution >= 0.6 is 22.6 Å². The van der Waals surface area contributed by atoms with E-state index in [9.17, 15) is 19.7 Å². The number of non-ortho nitro benzene ring substituents is 1. The number of carbonyl (C=O) groups is 2. The molecule has 1 amide bonds. The van der Waals surface area contributed by atoms with Gasteiger partial charge in [-0.15, -0.1) is 0 Å². The van der Waals surface area contributed by atoms with E-state index >= 15 is 0 Å². The monoisotopic (exact) mass is 408 g/mol. The van der Waals surface area contributed by atoms with Crippen LogP contribution in [0.2, 0.25) is 0 Å². The molecule has 1 aromatic carbocycles. The van der Waals surface area contributed by atoms with Crippen molar-refractivity contribution in [1.82, 2.24) is 5.32 Å². The highest BCUT2D eigenvalue weighted by Crippen LogP contribution is 2.24. The van der Waals surface area contributed by atoms with Gasteiger partial charge in [0.25, 0.3) is 11.6 Å². The molecule has 0 aliphatic heterocycles. The lowest BCUT2D eigenvalue weighted by Gasteiger charge is -2.11. The molecule has 0 aromatic heterocycles. The number of hydrogen-bond acceptors (Lipinski definition) is 6. The van der Waals surface area contributed by atoms with Crippen molar-refractivity contribution >= 4 is 40.2 Å². The van der Waals surface area contributed by atoms with Crippen molar-refractivity contribution in [2.45, 2.75) is 3.92 Å². The molecule has 0 bridgehead atoms. The van der Waals surface area contributed by atoms with Gasteiger partial charge in [0.1, 0.15) is 9.67 Å². The largest absolute Gasteiger partial charge is 0.496 e. The highest BCUT2D eigenvalue weighted by molar-refractivity contribution is 14.1. The number of benzene rings is 1. The van der Waals surface area contributed by atoms with E-state index in [2.05, 4.69) is 10.1 Å². The van der Waals surface area contributed by atoms with Crippen LogP contribution in [-0.2, 0) is 9.53 Å². The Morgan fingerprint density at radius 2 is 2.10 bits per heavy atom. The second kappa shape index (κ2) is 7.76. The number of hydrogen-bond donors (Lipinski definition) is 1. The lowest BCUT2D eigenvalue weighted by atomic mass is 10.1. The lowest BCUT2D eigenvalue weighted by molar-refractivity contribution is -0.384. The van der Waals surface area contributed by atoms with Crippen molar-refractivity contribution in [3.8, 4) is 5.75 Å². The van der Waals surface area contributed by atoms with Gasteiger partial charge in [0, 0.05) is 12.6 Å². The van der Waals surface area contributed by atoms with E-state index < -0.39 is 20.7 Å². The summed E-state index contributed by atoms with van der Waals surface area (Å²) >= 11 is 1.84. The quantitative estimate of drug-likeness (QED) is 0.250. The van der Waals surface area contributed by atoms with Gasteiger partial charge in [-0.2, -0.15) is 0 Å². The summed E-state index contributed by atoms with van der Waals surface area (Å²) in [7, 11) is 2.57. The van der Waals surface area contributed by atoms with Gasteiger partial charge in [0.15, 0.2) is 0 Å². The molecule has 1 aromatic rings. The third-order valence-electron chi connectivity index (χ3n) is 2.54. The summed E-state index contributed by atoms with van der Waals surface area (Å²) in [5, 5.41) is 13.2. The Morgan fingerprint density at radius 3 is 2.62 bits per heavy atom. The highest BCUT2D eigenvalue weighted by Gasteiger charge is 2.20. The molecule has 0 aliphatic rings. The predicted octanol–water partition coefficient (Wildman–Crippen LogP) is 1.31. The summed E-state index contributed by atoms with van der Waals surface area (Å²) in [5.74, 6) is -0.858. The molecule has 0 fully saturated rings. The molecule has 0 saturated heterocycles. The van der Waals surface area contributed by atoms with Gasteiger partial charge < -0.3 is 14.8 Å². The molecule has 114 valence electrons. The summed E-state index contributed by atoms with van der Waals surface area (Å²) in [6.45, 7) is 0.0756. The van der Waals surface area contributed by atoms with Gasteiger partial charge in [-0.3, -0.25) is 19.7 Å². The number of methoxy groups -OCH3 is 2. The van der Waals surface area contributed by atoms with Gasteiger partial charge in [-0.05, 0) is 6.07 Å². The van der Waals surface area contributed by atoms with Crippen molar-refractivity contribution in [3.05, 3.63) is 33.9 Å². The van der Waals surface area contributed by atoms with Crippen molar-refractivity contribution in [2.75, 3.05) is 20.8 Å². The third-order valence-corrected chi connectivity index (χ3v) is 3.49. The van der Waals surface area contributed by atoms with E-state index in [1.54, 1.807) is 0 Å². The van der Waals surface area contributed by atoms with Crippen LogP contribution in [-0.4, -0.2) is 41.5 Å². The number of nitrogens with zero attached hydrogens (tertiary/aromatic N) is 1. The Kier molecular flexibility index (Phi) is 6.34. The van der Waals surface area contributed by atoms with E-state index in [0.29, 0.717) is 0 Å². The van der Waals surface area contributed by atoms with Crippen LogP contribution in [0.25, 0.3) is 0 Å². The Labute approximate surface area is 134 Å². The van der Waals surface area contributed by atoms with E-state index in [4.69, 9.17) is 4.74 Å². The number of nitro benzene ring substituents is 1. The average Bonchev–Trinajstić information content (AvgIpc) is 2.50. The van der Waals surface area contributed by atoms with Crippen LogP contribution < -0.4 is 10.1 Å². The standard InChI is InChI=1S/C12H13IN2O6/c1-20-10-5-7(15(18)19)3-4-8(10)11(16)14-6-9(13)12(17)21-2/h3-5,9H,6H2,1-2H3,(H,14,16). The maximum Gasteiger partial charge on any atom is 0.320 e. The van der Waals surface area contributed by atoms with Crippen LogP contribution in [0.5, 0.6) is 5.75 Å². The normalized spacial score (nSPS) is 11.4. The SMILES string of the molecule is COC(=O)C(I)CNC(=O)c1ccc([N+](=O)[O-])cc1OC. The van der Waals surface area contributed by atoms with Gasteiger partial charge in [0.05, 0.1) is 30.8 Å². The molecule has 0 aliphatic carbocycles. The summed E-state index contributed by atoms with van der Waals surface area (Å²) in [4.78, 5) is 33.3. The molecular formula is C12H13IN2O6. The van der Waals surface area contributed by atoms with Gasteiger partial charge >= 0.3 is 5.97 Å². The minimum atomic E-state index is -0.581. The molecule has 1 unspecified atom stereocenters. The Hall–Kier alpha value is -1.91. The number of nitro groups is 1. The second-order valence-electron chi connectivity index (χ2n) is 3.84. The highest BCUT2D eigenvalue weighted by atomic mass is 127. The molecule has 0 heterocycles. The number of ether oxygens (including phenoxy) is 2.